The fourth-order valence-corrected chi connectivity index (χ4v) is 5.05. The van der Waals surface area contributed by atoms with Gasteiger partial charge in [0.2, 0.25) is 11.8 Å². The number of H-pyrrole nitrogens is 1. The molecule has 0 aromatic carbocycles. The zero-order valence-corrected chi connectivity index (χ0v) is 21.1. The summed E-state index contributed by atoms with van der Waals surface area (Å²) in [5.74, 6) is -3.71. The first kappa shape index (κ1) is 29.6. The second-order valence-electron chi connectivity index (χ2n) is 9.96. The van der Waals surface area contributed by atoms with Crippen molar-refractivity contribution in [1.29, 1.82) is 0 Å². The average Bonchev–Trinajstić information content (AvgIpc) is 3.38. The Hall–Kier alpha value is -3.43. The molecule has 2 atom stereocenters. The van der Waals surface area contributed by atoms with Gasteiger partial charge in [-0.05, 0) is 44.6 Å². The third kappa shape index (κ3) is 6.00. The minimum Gasteiger partial charge on any atom is -0.481 e. The van der Waals surface area contributed by atoms with Crippen LogP contribution in [-0.4, -0.2) is 80.7 Å². The SMILES string of the molecule is COc1cc(-c2cc(C(=O)N3CC[C@H](C(=O)N[C@H]4CC[C@@](O)(C(F)(F)F)CC4)C[C@@H]3C(F)(F)F)n[nH]2)c(F)cn1. The molecule has 1 saturated carbocycles. The van der Waals surface area contributed by atoms with Crippen LogP contribution in [0.25, 0.3) is 11.3 Å². The van der Waals surface area contributed by atoms with Gasteiger partial charge in [-0.1, -0.05) is 0 Å². The molecule has 1 saturated heterocycles. The Kier molecular flexibility index (Phi) is 8.02. The molecule has 1 aliphatic heterocycles. The summed E-state index contributed by atoms with van der Waals surface area (Å²) < 4.78 is 100. The molecule has 3 heterocycles. The van der Waals surface area contributed by atoms with Gasteiger partial charge < -0.3 is 20.1 Å². The van der Waals surface area contributed by atoms with Crippen molar-refractivity contribution in [3.63, 3.8) is 0 Å². The molecular formula is C24H26F7N5O4. The van der Waals surface area contributed by atoms with Gasteiger partial charge in [0, 0.05) is 30.1 Å². The molecular weight excluding hydrogens is 555 g/mol. The van der Waals surface area contributed by atoms with Crippen LogP contribution in [0.2, 0.25) is 0 Å². The zero-order valence-electron chi connectivity index (χ0n) is 21.1. The van der Waals surface area contributed by atoms with E-state index in [0.717, 1.165) is 12.3 Å². The van der Waals surface area contributed by atoms with Crippen LogP contribution in [0.4, 0.5) is 30.7 Å². The topological polar surface area (TPSA) is 120 Å². The summed E-state index contributed by atoms with van der Waals surface area (Å²) in [7, 11) is 1.30. The van der Waals surface area contributed by atoms with Crippen molar-refractivity contribution >= 4 is 11.8 Å². The van der Waals surface area contributed by atoms with Gasteiger partial charge in [-0.3, -0.25) is 14.7 Å². The number of ether oxygens (including phenoxy) is 1. The number of rotatable bonds is 5. The van der Waals surface area contributed by atoms with Crippen molar-refractivity contribution in [2.45, 2.75) is 68.6 Å². The Bertz CT molecular complexity index is 1240. The number of likely N-dealkylation sites (tertiary alicyclic amines) is 1. The molecule has 2 fully saturated rings. The number of piperidine rings is 1. The Labute approximate surface area is 223 Å². The summed E-state index contributed by atoms with van der Waals surface area (Å²) in [4.78, 5) is 30.0. The van der Waals surface area contributed by atoms with Crippen molar-refractivity contribution in [1.82, 2.24) is 25.4 Å². The number of aliphatic hydroxyl groups is 1. The number of hydrogen-bond donors (Lipinski definition) is 3. The van der Waals surface area contributed by atoms with Crippen LogP contribution in [0.3, 0.4) is 0 Å². The molecule has 4 rings (SSSR count). The van der Waals surface area contributed by atoms with Crippen molar-refractivity contribution in [2.24, 2.45) is 5.92 Å². The predicted molar refractivity (Wildman–Crippen MR) is 123 cm³/mol. The van der Waals surface area contributed by atoms with E-state index in [-0.39, 0.29) is 36.4 Å². The molecule has 9 nitrogen and oxygen atoms in total. The number of aromatic nitrogens is 3. The largest absolute Gasteiger partial charge is 0.481 e. The first-order chi connectivity index (χ1) is 18.6. The highest BCUT2D eigenvalue weighted by atomic mass is 19.4. The van der Waals surface area contributed by atoms with Crippen LogP contribution in [0.5, 0.6) is 5.88 Å². The van der Waals surface area contributed by atoms with Crippen molar-refractivity contribution in [3.8, 4) is 17.1 Å². The van der Waals surface area contributed by atoms with Crippen LogP contribution in [0.1, 0.15) is 49.0 Å². The lowest BCUT2D eigenvalue weighted by Gasteiger charge is -2.40. The maximum Gasteiger partial charge on any atom is 0.417 e. The van der Waals surface area contributed by atoms with Gasteiger partial charge in [0.15, 0.2) is 17.1 Å². The summed E-state index contributed by atoms with van der Waals surface area (Å²) in [5.41, 5.74) is -3.33. The van der Waals surface area contributed by atoms with Crippen LogP contribution in [0, 0.1) is 11.7 Å². The van der Waals surface area contributed by atoms with Gasteiger partial charge in [-0.2, -0.15) is 31.4 Å². The van der Waals surface area contributed by atoms with Crippen molar-refractivity contribution < 1.29 is 50.2 Å². The van der Waals surface area contributed by atoms with E-state index in [9.17, 15) is 45.4 Å². The van der Waals surface area contributed by atoms with E-state index in [1.165, 1.54) is 13.2 Å². The Morgan fingerprint density at radius 1 is 1.15 bits per heavy atom. The number of halogens is 7. The minimum absolute atomic E-state index is 0.00396. The highest BCUT2D eigenvalue weighted by Gasteiger charge is 2.55. The van der Waals surface area contributed by atoms with E-state index in [4.69, 9.17) is 4.74 Å². The fraction of sp³-hybridized carbons (Fsp3) is 0.583. The highest BCUT2D eigenvalue weighted by Crippen LogP contribution is 2.42. The number of nitrogens with one attached hydrogen (secondary N) is 2. The molecule has 16 heteroatoms. The molecule has 2 aromatic rings. The molecule has 220 valence electrons. The fourth-order valence-electron chi connectivity index (χ4n) is 5.05. The first-order valence-electron chi connectivity index (χ1n) is 12.4. The van der Waals surface area contributed by atoms with E-state index < -0.39 is 85.1 Å². The van der Waals surface area contributed by atoms with Gasteiger partial charge >= 0.3 is 12.4 Å². The number of aromatic amines is 1. The molecule has 0 radical (unpaired) electrons. The first-order valence-corrected chi connectivity index (χ1v) is 12.4. The summed E-state index contributed by atoms with van der Waals surface area (Å²) in [5, 5.41) is 18.5. The molecule has 2 aromatic heterocycles. The zero-order chi connectivity index (χ0) is 29.5. The lowest BCUT2D eigenvalue weighted by molar-refractivity contribution is -0.270. The van der Waals surface area contributed by atoms with Crippen LogP contribution in [0.15, 0.2) is 18.3 Å². The number of pyridine rings is 1. The Balaban J connectivity index is 1.43. The monoisotopic (exact) mass is 581 g/mol. The molecule has 2 aliphatic rings. The molecule has 1 aliphatic carbocycles. The average molecular weight is 581 g/mol. The summed E-state index contributed by atoms with van der Waals surface area (Å²) in [6.07, 6.45) is -11.4. The van der Waals surface area contributed by atoms with E-state index >= 15 is 0 Å². The van der Waals surface area contributed by atoms with Gasteiger partial charge in [-0.25, -0.2) is 9.37 Å². The lowest BCUT2D eigenvalue weighted by atomic mass is 9.81. The minimum atomic E-state index is -4.90. The van der Waals surface area contributed by atoms with E-state index in [1.807, 2.05) is 0 Å². The number of carbonyl (C=O) groups excluding carboxylic acids is 2. The predicted octanol–water partition coefficient (Wildman–Crippen LogP) is 3.75. The lowest BCUT2D eigenvalue weighted by Crippen LogP contribution is -2.56. The molecule has 0 spiro atoms. The third-order valence-electron chi connectivity index (χ3n) is 7.43. The van der Waals surface area contributed by atoms with Gasteiger partial charge in [0.1, 0.15) is 6.04 Å². The van der Waals surface area contributed by atoms with Crippen molar-refractivity contribution in [3.05, 3.63) is 29.8 Å². The molecule has 0 unspecified atom stereocenters. The van der Waals surface area contributed by atoms with Crippen LogP contribution in [-0.2, 0) is 4.79 Å². The second kappa shape index (κ2) is 10.9. The quantitative estimate of drug-likeness (QED) is 0.463. The second-order valence-corrected chi connectivity index (χ2v) is 9.96. The number of hydrogen-bond acceptors (Lipinski definition) is 6. The smallest absolute Gasteiger partial charge is 0.417 e. The normalized spacial score (nSPS) is 25.9. The summed E-state index contributed by atoms with van der Waals surface area (Å²) >= 11 is 0. The Morgan fingerprint density at radius 2 is 1.82 bits per heavy atom. The number of nitrogens with zero attached hydrogens (tertiary/aromatic N) is 3. The standard InChI is InChI=1S/C24H26F7N5O4/c1-40-19-9-14(15(25)11-32-19)16-10-17(35-34-16)21(38)36-7-4-12(8-18(36)23(26,27)28)20(37)33-13-2-5-22(39,6-3-13)24(29,30)31/h9-13,18,39H,2-8H2,1H3,(H,33,37)(H,34,35)/t12-,13-,18+,22-/m0/s1. The summed E-state index contributed by atoms with van der Waals surface area (Å²) in [6, 6.07) is -0.745. The number of carbonyl (C=O) groups is 2. The Morgan fingerprint density at radius 3 is 2.42 bits per heavy atom. The maximum absolute atomic E-state index is 14.2. The molecule has 2 amide bonds. The van der Waals surface area contributed by atoms with Crippen molar-refractivity contribution in [2.75, 3.05) is 13.7 Å². The number of methoxy groups -OCH3 is 1. The van der Waals surface area contributed by atoms with Gasteiger partial charge in [0.25, 0.3) is 5.91 Å². The molecule has 3 N–H and O–H groups in total. The maximum atomic E-state index is 14.2. The van der Waals surface area contributed by atoms with E-state index in [0.29, 0.717) is 4.90 Å². The van der Waals surface area contributed by atoms with Crippen LogP contribution < -0.4 is 10.1 Å². The number of alkyl halides is 6. The number of amides is 2. The van der Waals surface area contributed by atoms with E-state index in [1.54, 1.807) is 0 Å². The van der Waals surface area contributed by atoms with Crippen LogP contribution >= 0.6 is 0 Å². The van der Waals surface area contributed by atoms with Gasteiger partial charge in [-0.15, -0.1) is 0 Å². The highest BCUT2D eigenvalue weighted by molar-refractivity contribution is 5.94. The summed E-state index contributed by atoms with van der Waals surface area (Å²) in [6.45, 7) is -0.445. The third-order valence-corrected chi connectivity index (χ3v) is 7.43. The molecule has 0 bridgehead atoms. The van der Waals surface area contributed by atoms with Gasteiger partial charge in [0.05, 0.1) is 19.0 Å². The van der Waals surface area contributed by atoms with E-state index in [2.05, 4.69) is 20.5 Å². The molecule has 40 heavy (non-hydrogen) atoms.